The number of hydrogen-bond acceptors (Lipinski definition) is 3. The zero-order valence-electron chi connectivity index (χ0n) is 14.1. The molecular formula is C17H26N4O2. The van der Waals surface area contributed by atoms with Crippen molar-refractivity contribution in [3.05, 3.63) is 29.8 Å². The highest BCUT2D eigenvalue weighted by atomic mass is 16.2. The van der Waals surface area contributed by atoms with Gasteiger partial charge in [-0.2, -0.15) is 0 Å². The fourth-order valence-electron chi connectivity index (χ4n) is 2.67. The molecule has 2 rings (SSSR count). The van der Waals surface area contributed by atoms with Gasteiger partial charge in [0.1, 0.15) is 0 Å². The molecule has 1 atom stereocenters. The van der Waals surface area contributed by atoms with E-state index in [1.54, 1.807) is 24.3 Å². The van der Waals surface area contributed by atoms with E-state index in [-0.39, 0.29) is 23.4 Å². The molecule has 1 unspecified atom stereocenters. The van der Waals surface area contributed by atoms with Crippen LogP contribution >= 0.6 is 0 Å². The summed E-state index contributed by atoms with van der Waals surface area (Å²) in [4.78, 5) is 26.0. The van der Waals surface area contributed by atoms with E-state index in [1.807, 2.05) is 18.7 Å². The standard InChI is InChI=1S/C17H26N4O2/c1-12(2)19-16(23)20-14-6-4-13(5-7-14)15(22)21-9-8-17(3,10-18)11-21/h4-7,12H,8-11,18H2,1-3H3,(H2,19,20,23). The van der Waals surface area contributed by atoms with Gasteiger partial charge in [-0.05, 0) is 56.5 Å². The third kappa shape index (κ3) is 4.45. The summed E-state index contributed by atoms with van der Waals surface area (Å²) in [7, 11) is 0. The topological polar surface area (TPSA) is 87.5 Å². The van der Waals surface area contributed by atoms with Crippen LogP contribution in [0.15, 0.2) is 24.3 Å². The summed E-state index contributed by atoms with van der Waals surface area (Å²) in [6.07, 6.45) is 0.935. The first-order valence-corrected chi connectivity index (χ1v) is 8.00. The average Bonchev–Trinajstić information content (AvgIpc) is 2.90. The van der Waals surface area contributed by atoms with Crippen molar-refractivity contribution in [1.82, 2.24) is 10.2 Å². The number of likely N-dealkylation sites (tertiary alicyclic amines) is 1. The van der Waals surface area contributed by atoms with E-state index in [9.17, 15) is 9.59 Å². The van der Waals surface area contributed by atoms with Crippen LogP contribution in [0, 0.1) is 5.41 Å². The van der Waals surface area contributed by atoms with E-state index in [1.165, 1.54) is 0 Å². The molecule has 1 fully saturated rings. The van der Waals surface area contributed by atoms with Gasteiger partial charge in [-0.25, -0.2) is 4.79 Å². The van der Waals surface area contributed by atoms with Crippen LogP contribution in [0.1, 0.15) is 37.6 Å². The number of carbonyl (C=O) groups is 2. The number of nitrogens with two attached hydrogens (primary N) is 1. The van der Waals surface area contributed by atoms with E-state index in [4.69, 9.17) is 5.73 Å². The van der Waals surface area contributed by atoms with Crippen LogP contribution in [0.25, 0.3) is 0 Å². The normalized spacial score (nSPS) is 20.7. The molecule has 0 saturated carbocycles. The Morgan fingerprint density at radius 3 is 2.48 bits per heavy atom. The molecule has 1 aliphatic rings. The van der Waals surface area contributed by atoms with Gasteiger partial charge in [-0.15, -0.1) is 0 Å². The number of carbonyl (C=O) groups excluding carboxylic acids is 2. The lowest BCUT2D eigenvalue weighted by Crippen LogP contribution is -2.34. The minimum atomic E-state index is -0.252. The molecular weight excluding hydrogens is 292 g/mol. The average molecular weight is 318 g/mol. The lowest BCUT2D eigenvalue weighted by Gasteiger charge is -2.22. The van der Waals surface area contributed by atoms with Crippen LogP contribution in [0.3, 0.4) is 0 Å². The third-order valence-electron chi connectivity index (χ3n) is 4.15. The number of nitrogens with zero attached hydrogens (tertiary/aromatic N) is 1. The summed E-state index contributed by atoms with van der Waals surface area (Å²) in [5.41, 5.74) is 7.09. The summed E-state index contributed by atoms with van der Waals surface area (Å²) < 4.78 is 0. The second kappa shape index (κ2) is 7.00. The Labute approximate surface area is 137 Å². The van der Waals surface area contributed by atoms with Crippen molar-refractivity contribution in [3.63, 3.8) is 0 Å². The van der Waals surface area contributed by atoms with E-state index >= 15 is 0 Å². The van der Waals surface area contributed by atoms with Crippen molar-refractivity contribution in [1.29, 1.82) is 0 Å². The van der Waals surface area contributed by atoms with Gasteiger partial charge in [0, 0.05) is 30.4 Å². The molecule has 0 spiro atoms. The summed E-state index contributed by atoms with van der Waals surface area (Å²) in [6.45, 7) is 7.92. The number of nitrogens with one attached hydrogen (secondary N) is 2. The van der Waals surface area contributed by atoms with E-state index < -0.39 is 0 Å². The van der Waals surface area contributed by atoms with Crippen molar-refractivity contribution in [2.45, 2.75) is 33.2 Å². The number of anilines is 1. The van der Waals surface area contributed by atoms with Gasteiger partial charge in [0.15, 0.2) is 0 Å². The molecule has 0 radical (unpaired) electrons. The van der Waals surface area contributed by atoms with Gasteiger partial charge >= 0.3 is 6.03 Å². The Morgan fingerprint density at radius 1 is 1.30 bits per heavy atom. The van der Waals surface area contributed by atoms with E-state index in [2.05, 4.69) is 17.6 Å². The summed E-state index contributed by atoms with van der Waals surface area (Å²) >= 11 is 0. The van der Waals surface area contributed by atoms with Gasteiger partial charge < -0.3 is 21.3 Å². The lowest BCUT2D eigenvalue weighted by molar-refractivity contribution is 0.0777. The first kappa shape index (κ1) is 17.3. The fourth-order valence-corrected chi connectivity index (χ4v) is 2.67. The zero-order valence-corrected chi connectivity index (χ0v) is 14.1. The predicted octanol–water partition coefficient (Wildman–Crippen LogP) is 2.03. The highest BCUT2D eigenvalue weighted by molar-refractivity contribution is 5.95. The molecule has 1 heterocycles. The lowest BCUT2D eigenvalue weighted by atomic mass is 9.90. The molecule has 0 aliphatic carbocycles. The van der Waals surface area contributed by atoms with Crippen LogP contribution in [0.2, 0.25) is 0 Å². The molecule has 6 heteroatoms. The van der Waals surface area contributed by atoms with Gasteiger partial charge in [-0.3, -0.25) is 4.79 Å². The van der Waals surface area contributed by atoms with Crippen molar-refractivity contribution in [2.24, 2.45) is 11.1 Å². The van der Waals surface area contributed by atoms with Gasteiger partial charge in [0.25, 0.3) is 5.91 Å². The third-order valence-corrected chi connectivity index (χ3v) is 4.15. The fraction of sp³-hybridized carbons (Fsp3) is 0.529. The summed E-state index contributed by atoms with van der Waals surface area (Å²) in [5, 5.41) is 5.49. The van der Waals surface area contributed by atoms with Gasteiger partial charge in [0.05, 0.1) is 0 Å². The maximum Gasteiger partial charge on any atom is 0.319 e. The molecule has 1 aliphatic heterocycles. The number of hydrogen-bond donors (Lipinski definition) is 3. The Bertz CT molecular complexity index is 570. The van der Waals surface area contributed by atoms with Crippen molar-refractivity contribution in [3.8, 4) is 0 Å². The van der Waals surface area contributed by atoms with Crippen molar-refractivity contribution in [2.75, 3.05) is 25.0 Å². The molecule has 3 amide bonds. The van der Waals surface area contributed by atoms with E-state index in [0.717, 1.165) is 13.0 Å². The van der Waals surface area contributed by atoms with Crippen LogP contribution in [-0.4, -0.2) is 42.5 Å². The number of rotatable bonds is 4. The van der Waals surface area contributed by atoms with Crippen molar-refractivity contribution < 1.29 is 9.59 Å². The molecule has 0 aromatic heterocycles. The smallest absolute Gasteiger partial charge is 0.319 e. The second-order valence-electron chi connectivity index (χ2n) is 6.82. The highest BCUT2D eigenvalue weighted by Gasteiger charge is 2.35. The predicted molar refractivity (Wildman–Crippen MR) is 91.4 cm³/mol. The molecule has 1 aromatic rings. The largest absolute Gasteiger partial charge is 0.338 e. The van der Waals surface area contributed by atoms with Crippen LogP contribution in [-0.2, 0) is 0 Å². The minimum Gasteiger partial charge on any atom is -0.338 e. The molecule has 1 saturated heterocycles. The quantitative estimate of drug-likeness (QED) is 0.794. The van der Waals surface area contributed by atoms with Crippen LogP contribution < -0.4 is 16.4 Å². The molecule has 1 aromatic carbocycles. The summed E-state index contributed by atoms with van der Waals surface area (Å²) in [5.74, 6) is 0.0142. The number of amides is 3. The van der Waals surface area contributed by atoms with Crippen molar-refractivity contribution >= 4 is 17.6 Å². The number of benzene rings is 1. The molecule has 6 nitrogen and oxygen atoms in total. The number of urea groups is 1. The Hall–Kier alpha value is -2.08. The Balaban J connectivity index is 1.97. The monoisotopic (exact) mass is 318 g/mol. The Morgan fingerprint density at radius 2 is 1.96 bits per heavy atom. The molecule has 4 N–H and O–H groups in total. The molecule has 23 heavy (non-hydrogen) atoms. The molecule has 0 bridgehead atoms. The van der Waals surface area contributed by atoms with E-state index in [0.29, 0.717) is 24.3 Å². The first-order chi connectivity index (χ1) is 10.8. The molecule has 126 valence electrons. The second-order valence-corrected chi connectivity index (χ2v) is 6.82. The van der Waals surface area contributed by atoms with Crippen LogP contribution in [0.4, 0.5) is 10.5 Å². The van der Waals surface area contributed by atoms with Crippen LogP contribution in [0.5, 0.6) is 0 Å². The minimum absolute atomic E-state index is 0.0142. The SMILES string of the molecule is CC(C)NC(=O)Nc1ccc(C(=O)N2CCC(C)(CN)C2)cc1. The maximum atomic E-state index is 12.5. The van der Waals surface area contributed by atoms with Gasteiger partial charge in [-0.1, -0.05) is 6.92 Å². The zero-order chi connectivity index (χ0) is 17.0. The van der Waals surface area contributed by atoms with Gasteiger partial charge in [0.2, 0.25) is 0 Å². The maximum absolute atomic E-state index is 12.5. The highest BCUT2D eigenvalue weighted by Crippen LogP contribution is 2.29. The Kier molecular flexibility index (Phi) is 5.26. The summed E-state index contributed by atoms with van der Waals surface area (Å²) in [6, 6.07) is 6.79. The first-order valence-electron chi connectivity index (χ1n) is 8.00.